The van der Waals surface area contributed by atoms with Gasteiger partial charge < -0.3 is 10.6 Å². The van der Waals surface area contributed by atoms with Crippen LogP contribution < -0.4 is 16.0 Å². The third-order valence-corrected chi connectivity index (χ3v) is 4.36. The lowest BCUT2D eigenvalue weighted by Crippen LogP contribution is -2.46. The first-order valence-electron chi connectivity index (χ1n) is 8.25. The van der Waals surface area contributed by atoms with Crippen molar-refractivity contribution < 1.29 is 9.59 Å². The number of aromatic nitrogens is 2. The summed E-state index contributed by atoms with van der Waals surface area (Å²) in [6.07, 6.45) is 1.90. The van der Waals surface area contributed by atoms with Gasteiger partial charge in [-0.05, 0) is 26.3 Å². The molecule has 0 aliphatic rings. The second-order valence-corrected chi connectivity index (χ2v) is 6.72. The lowest BCUT2D eigenvalue weighted by Gasteiger charge is -2.13. The fourth-order valence-corrected chi connectivity index (χ4v) is 2.82. The summed E-state index contributed by atoms with van der Waals surface area (Å²) in [5.74, 6) is -0.336. The maximum atomic E-state index is 12.2. The Balaban J connectivity index is 1.89. The zero-order valence-corrected chi connectivity index (χ0v) is 15.4. The molecule has 0 aliphatic carbocycles. The molecule has 0 radical (unpaired) electrons. The van der Waals surface area contributed by atoms with Gasteiger partial charge in [-0.3, -0.25) is 10.1 Å². The molecule has 1 aromatic carbocycles. The Morgan fingerprint density at radius 2 is 2.08 bits per heavy atom. The number of hydrogen-bond donors (Lipinski definition) is 3. The van der Waals surface area contributed by atoms with Crippen molar-refractivity contribution in [3.05, 3.63) is 29.8 Å². The van der Waals surface area contributed by atoms with Crippen molar-refractivity contribution in [2.24, 2.45) is 0 Å². The molecular formula is C17H23N5O2S. The smallest absolute Gasteiger partial charge is 0.315 e. The summed E-state index contributed by atoms with van der Waals surface area (Å²) in [7, 11) is 0. The Bertz CT molecular complexity index is 731. The van der Waals surface area contributed by atoms with E-state index in [1.165, 1.54) is 11.3 Å². The number of carbonyl (C=O) groups excluding carboxylic acids is 2. The Morgan fingerprint density at radius 1 is 1.28 bits per heavy atom. The fourth-order valence-electron chi connectivity index (χ4n) is 2.07. The van der Waals surface area contributed by atoms with E-state index in [0.29, 0.717) is 11.7 Å². The Morgan fingerprint density at radius 3 is 2.80 bits per heavy atom. The van der Waals surface area contributed by atoms with E-state index in [9.17, 15) is 9.59 Å². The summed E-state index contributed by atoms with van der Waals surface area (Å²) in [6.45, 7) is 6.26. The van der Waals surface area contributed by atoms with E-state index in [1.54, 1.807) is 6.92 Å². The number of urea groups is 1. The molecule has 7 nitrogen and oxygen atoms in total. The number of benzene rings is 1. The van der Waals surface area contributed by atoms with Crippen LogP contribution in [-0.2, 0) is 4.79 Å². The lowest BCUT2D eigenvalue weighted by atomic mass is 10.1. The molecule has 0 saturated carbocycles. The molecular weight excluding hydrogens is 338 g/mol. The summed E-state index contributed by atoms with van der Waals surface area (Å²) < 4.78 is 0. The standard InChI is InChI=1S/C17H23N5O2S/c1-4-5-9-18-16(24)19-12(3)14(23)20-17-22-21-15(25-17)13-8-6-7-11(2)10-13/h6-8,10,12H,4-5,9H2,1-3H3,(H2,18,19,24)(H,20,22,23). The van der Waals surface area contributed by atoms with Crippen molar-refractivity contribution in [2.75, 3.05) is 11.9 Å². The predicted octanol–water partition coefficient (Wildman–Crippen LogP) is 2.94. The number of carbonyl (C=O) groups is 2. The van der Waals surface area contributed by atoms with Crippen LogP contribution in [-0.4, -0.2) is 34.7 Å². The molecule has 3 N–H and O–H groups in total. The molecule has 1 atom stereocenters. The van der Waals surface area contributed by atoms with Crippen molar-refractivity contribution >= 4 is 28.4 Å². The summed E-state index contributed by atoms with van der Waals surface area (Å²) in [4.78, 5) is 23.8. The van der Waals surface area contributed by atoms with Gasteiger partial charge in [-0.15, -0.1) is 10.2 Å². The number of amides is 3. The molecule has 2 rings (SSSR count). The van der Waals surface area contributed by atoms with E-state index in [4.69, 9.17) is 0 Å². The van der Waals surface area contributed by atoms with E-state index < -0.39 is 6.04 Å². The SMILES string of the molecule is CCCCNC(=O)NC(C)C(=O)Nc1nnc(-c2cccc(C)c2)s1. The first kappa shape index (κ1) is 18.9. The summed E-state index contributed by atoms with van der Waals surface area (Å²) >= 11 is 1.29. The number of aryl methyl sites for hydroxylation is 1. The Labute approximate surface area is 151 Å². The van der Waals surface area contributed by atoms with Crippen LogP contribution >= 0.6 is 11.3 Å². The number of nitrogens with one attached hydrogen (secondary N) is 3. The topological polar surface area (TPSA) is 96.0 Å². The monoisotopic (exact) mass is 361 g/mol. The molecule has 8 heteroatoms. The van der Waals surface area contributed by atoms with Crippen molar-refractivity contribution in [3.8, 4) is 10.6 Å². The minimum atomic E-state index is -0.673. The van der Waals surface area contributed by atoms with Gasteiger partial charge in [0.25, 0.3) is 0 Å². The van der Waals surface area contributed by atoms with Crippen LogP contribution in [0.15, 0.2) is 24.3 Å². The van der Waals surface area contributed by atoms with Gasteiger partial charge in [0.05, 0.1) is 0 Å². The molecule has 1 heterocycles. The third kappa shape index (κ3) is 5.82. The minimum absolute atomic E-state index is 0.336. The average molecular weight is 361 g/mol. The van der Waals surface area contributed by atoms with Crippen molar-refractivity contribution in [2.45, 2.75) is 39.7 Å². The molecule has 134 valence electrons. The summed E-state index contributed by atoms with van der Waals surface area (Å²) in [6, 6.07) is 6.89. The van der Waals surface area contributed by atoms with Crippen LogP contribution in [0.1, 0.15) is 32.3 Å². The van der Waals surface area contributed by atoms with Gasteiger partial charge in [-0.1, -0.05) is 48.4 Å². The largest absolute Gasteiger partial charge is 0.338 e. The van der Waals surface area contributed by atoms with E-state index in [2.05, 4.69) is 26.1 Å². The number of anilines is 1. The zero-order valence-electron chi connectivity index (χ0n) is 14.6. The van der Waals surface area contributed by atoms with Gasteiger partial charge in [0, 0.05) is 12.1 Å². The van der Waals surface area contributed by atoms with Crippen molar-refractivity contribution in [1.82, 2.24) is 20.8 Å². The van der Waals surface area contributed by atoms with Gasteiger partial charge in [-0.25, -0.2) is 4.79 Å². The highest BCUT2D eigenvalue weighted by atomic mass is 32.1. The first-order chi connectivity index (χ1) is 12.0. The fraction of sp³-hybridized carbons (Fsp3) is 0.412. The quantitative estimate of drug-likeness (QED) is 0.661. The number of hydrogen-bond acceptors (Lipinski definition) is 5. The van der Waals surface area contributed by atoms with Crippen LogP contribution in [0.2, 0.25) is 0 Å². The molecule has 2 aromatic rings. The number of nitrogens with zero attached hydrogens (tertiary/aromatic N) is 2. The second kappa shape index (κ2) is 9.12. The van der Waals surface area contributed by atoms with Gasteiger partial charge in [-0.2, -0.15) is 0 Å². The highest BCUT2D eigenvalue weighted by Crippen LogP contribution is 2.26. The summed E-state index contributed by atoms with van der Waals surface area (Å²) in [5, 5.41) is 17.2. The summed E-state index contributed by atoms with van der Waals surface area (Å²) in [5.41, 5.74) is 2.09. The molecule has 3 amide bonds. The zero-order chi connectivity index (χ0) is 18.2. The van der Waals surface area contributed by atoms with Crippen molar-refractivity contribution in [3.63, 3.8) is 0 Å². The number of rotatable bonds is 7. The van der Waals surface area contributed by atoms with Gasteiger partial charge in [0.15, 0.2) is 0 Å². The third-order valence-electron chi connectivity index (χ3n) is 3.48. The molecule has 0 aliphatic heterocycles. The van der Waals surface area contributed by atoms with Gasteiger partial charge in [0.1, 0.15) is 11.0 Å². The van der Waals surface area contributed by atoms with Gasteiger partial charge in [0.2, 0.25) is 11.0 Å². The first-order valence-corrected chi connectivity index (χ1v) is 9.07. The molecule has 0 spiro atoms. The highest BCUT2D eigenvalue weighted by molar-refractivity contribution is 7.18. The van der Waals surface area contributed by atoms with Gasteiger partial charge >= 0.3 is 6.03 Å². The predicted molar refractivity (Wildman–Crippen MR) is 99.6 cm³/mol. The molecule has 0 fully saturated rings. The molecule has 25 heavy (non-hydrogen) atoms. The van der Waals surface area contributed by atoms with Crippen molar-refractivity contribution in [1.29, 1.82) is 0 Å². The van der Waals surface area contributed by atoms with E-state index in [0.717, 1.165) is 29.0 Å². The van der Waals surface area contributed by atoms with E-state index >= 15 is 0 Å². The van der Waals surface area contributed by atoms with Crippen LogP contribution in [0.25, 0.3) is 10.6 Å². The maximum Gasteiger partial charge on any atom is 0.315 e. The van der Waals surface area contributed by atoms with Crippen LogP contribution in [0.4, 0.5) is 9.93 Å². The van der Waals surface area contributed by atoms with Crippen LogP contribution in [0.3, 0.4) is 0 Å². The maximum absolute atomic E-state index is 12.2. The molecule has 0 saturated heterocycles. The molecule has 1 unspecified atom stereocenters. The Hall–Kier alpha value is -2.48. The van der Waals surface area contributed by atoms with E-state index in [1.807, 2.05) is 38.1 Å². The highest BCUT2D eigenvalue weighted by Gasteiger charge is 2.17. The normalized spacial score (nSPS) is 11.6. The average Bonchev–Trinajstić information content (AvgIpc) is 3.03. The van der Waals surface area contributed by atoms with Crippen LogP contribution in [0, 0.1) is 6.92 Å². The molecule has 1 aromatic heterocycles. The molecule has 0 bridgehead atoms. The number of unbranched alkanes of at least 4 members (excludes halogenated alkanes) is 1. The van der Waals surface area contributed by atoms with E-state index in [-0.39, 0.29) is 11.9 Å². The Kier molecular flexibility index (Phi) is 6.88. The lowest BCUT2D eigenvalue weighted by molar-refractivity contribution is -0.117. The minimum Gasteiger partial charge on any atom is -0.338 e. The van der Waals surface area contributed by atoms with Crippen LogP contribution in [0.5, 0.6) is 0 Å². The second-order valence-electron chi connectivity index (χ2n) is 5.75.